The average molecular weight is 404 g/mol. The van der Waals surface area contributed by atoms with Gasteiger partial charge in [-0.2, -0.15) is 0 Å². The number of rotatable bonds is 6. The molecule has 0 radical (unpaired) electrons. The van der Waals surface area contributed by atoms with Crippen molar-refractivity contribution in [1.82, 2.24) is 0 Å². The lowest BCUT2D eigenvalue weighted by Gasteiger charge is -2.08. The van der Waals surface area contributed by atoms with Crippen LogP contribution < -0.4 is 5.32 Å². The van der Waals surface area contributed by atoms with Gasteiger partial charge in [0.15, 0.2) is 6.61 Å². The summed E-state index contributed by atoms with van der Waals surface area (Å²) in [5.41, 5.74) is 1.02. The summed E-state index contributed by atoms with van der Waals surface area (Å²) in [4.78, 5) is 26.2. The molecular formula is C19H14ClNO3S2. The van der Waals surface area contributed by atoms with E-state index >= 15 is 0 Å². The molecule has 3 aromatic rings. The van der Waals surface area contributed by atoms with Gasteiger partial charge in [0.05, 0.1) is 5.57 Å². The van der Waals surface area contributed by atoms with E-state index in [0.717, 1.165) is 9.75 Å². The van der Waals surface area contributed by atoms with Crippen LogP contribution in [0.3, 0.4) is 0 Å². The van der Waals surface area contributed by atoms with Crippen LogP contribution in [0.4, 0.5) is 5.69 Å². The highest BCUT2D eigenvalue weighted by atomic mass is 35.5. The number of amides is 1. The van der Waals surface area contributed by atoms with Crippen LogP contribution in [-0.4, -0.2) is 18.5 Å². The molecule has 26 heavy (non-hydrogen) atoms. The quantitative estimate of drug-likeness (QED) is 0.455. The third-order valence-electron chi connectivity index (χ3n) is 3.30. The Labute approximate surface area is 163 Å². The maximum atomic E-state index is 12.5. The van der Waals surface area contributed by atoms with E-state index in [1.54, 1.807) is 30.3 Å². The van der Waals surface area contributed by atoms with Crippen molar-refractivity contribution in [2.24, 2.45) is 0 Å². The van der Waals surface area contributed by atoms with Gasteiger partial charge in [-0.05, 0) is 53.2 Å². The van der Waals surface area contributed by atoms with Crippen molar-refractivity contribution in [2.45, 2.75) is 0 Å². The monoisotopic (exact) mass is 403 g/mol. The van der Waals surface area contributed by atoms with Crippen LogP contribution in [0.2, 0.25) is 5.02 Å². The molecule has 0 unspecified atom stereocenters. The van der Waals surface area contributed by atoms with Gasteiger partial charge in [-0.3, -0.25) is 4.79 Å². The fourth-order valence-electron chi connectivity index (χ4n) is 2.12. The van der Waals surface area contributed by atoms with Crippen LogP contribution >= 0.6 is 34.3 Å². The summed E-state index contributed by atoms with van der Waals surface area (Å²) in [6.45, 7) is -0.366. The predicted molar refractivity (Wildman–Crippen MR) is 108 cm³/mol. The van der Waals surface area contributed by atoms with Crippen molar-refractivity contribution in [3.05, 3.63) is 74.1 Å². The standard InChI is InChI=1S/C19H14ClNO3S2/c20-13-5-7-14(8-6-13)21-18(22)12-24-19(23)16(17-4-2-10-26-17)11-15-3-1-9-25-15/h1-11H,12H2,(H,21,22)/b16-11+. The van der Waals surface area contributed by atoms with Gasteiger partial charge < -0.3 is 10.1 Å². The lowest BCUT2D eigenvalue weighted by atomic mass is 10.2. The second-order valence-electron chi connectivity index (χ2n) is 5.18. The van der Waals surface area contributed by atoms with Crippen LogP contribution in [0.5, 0.6) is 0 Å². The largest absolute Gasteiger partial charge is 0.452 e. The van der Waals surface area contributed by atoms with E-state index in [1.165, 1.54) is 22.7 Å². The molecule has 1 aromatic carbocycles. The summed E-state index contributed by atoms with van der Waals surface area (Å²) in [6, 6.07) is 14.2. The Morgan fingerprint density at radius 3 is 2.42 bits per heavy atom. The minimum absolute atomic E-state index is 0.366. The number of anilines is 1. The molecule has 1 amide bonds. The molecule has 0 atom stereocenters. The molecule has 0 aliphatic heterocycles. The molecule has 7 heteroatoms. The van der Waals surface area contributed by atoms with Crippen molar-refractivity contribution in [1.29, 1.82) is 0 Å². The van der Waals surface area contributed by atoms with Gasteiger partial charge >= 0.3 is 5.97 Å². The Bertz CT molecular complexity index is 901. The molecule has 0 fully saturated rings. The summed E-state index contributed by atoms with van der Waals surface area (Å²) in [5.74, 6) is -0.950. The molecular weight excluding hydrogens is 390 g/mol. The summed E-state index contributed by atoms with van der Waals surface area (Å²) in [5, 5.41) is 7.05. The lowest BCUT2D eigenvalue weighted by molar-refractivity contribution is -0.141. The zero-order chi connectivity index (χ0) is 18.4. The van der Waals surface area contributed by atoms with Crippen LogP contribution in [0.1, 0.15) is 9.75 Å². The van der Waals surface area contributed by atoms with Gasteiger partial charge in [-0.25, -0.2) is 4.79 Å². The van der Waals surface area contributed by atoms with Crippen LogP contribution in [0.15, 0.2) is 59.3 Å². The molecule has 132 valence electrons. The number of benzene rings is 1. The van der Waals surface area contributed by atoms with Crippen molar-refractivity contribution in [3.63, 3.8) is 0 Å². The third kappa shape index (κ3) is 5.05. The first-order valence-electron chi connectivity index (χ1n) is 7.63. The molecule has 0 bridgehead atoms. The first kappa shape index (κ1) is 18.4. The Hall–Kier alpha value is -2.41. The Balaban J connectivity index is 1.64. The summed E-state index contributed by atoms with van der Waals surface area (Å²) in [6.07, 6.45) is 1.77. The third-order valence-corrected chi connectivity index (χ3v) is 5.27. The highest BCUT2D eigenvalue weighted by Gasteiger charge is 2.17. The molecule has 2 aromatic heterocycles. The zero-order valence-electron chi connectivity index (χ0n) is 13.5. The topological polar surface area (TPSA) is 55.4 Å². The molecule has 0 aliphatic carbocycles. The number of carbonyl (C=O) groups excluding carboxylic acids is 2. The maximum Gasteiger partial charge on any atom is 0.340 e. The van der Waals surface area contributed by atoms with Crippen molar-refractivity contribution in [3.8, 4) is 0 Å². The van der Waals surface area contributed by atoms with E-state index < -0.39 is 11.9 Å². The molecule has 0 spiro atoms. The Morgan fingerprint density at radius 1 is 1.04 bits per heavy atom. The summed E-state index contributed by atoms with van der Waals surface area (Å²) >= 11 is 8.77. The first-order chi connectivity index (χ1) is 12.6. The van der Waals surface area contributed by atoms with Crippen LogP contribution in [-0.2, 0) is 14.3 Å². The van der Waals surface area contributed by atoms with E-state index in [1.807, 2.05) is 35.0 Å². The molecule has 0 saturated carbocycles. The van der Waals surface area contributed by atoms with Gasteiger partial charge in [0.1, 0.15) is 0 Å². The van der Waals surface area contributed by atoms with Crippen molar-refractivity contribution in [2.75, 3.05) is 11.9 Å². The first-order valence-corrected chi connectivity index (χ1v) is 9.77. The van der Waals surface area contributed by atoms with E-state index in [2.05, 4.69) is 5.32 Å². The maximum absolute atomic E-state index is 12.5. The number of carbonyl (C=O) groups is 2. The molecule has 4 nitrogen and oxygen atoms in total. The van der Waals surface area contributed by atoms with E-state index in [0.29, 0.717) is 16.3 Å². The van der Waals surface area contributed by atoms with Gasteiger partial charge in [0.25, 0.3) is 5.91 Å². The summed E-state index contributed by atoms with van der Waals surface area (Å²) < 4.78 is 5.20. The highest BCUT2D eigenvalue weighted by Crippen LogP contribution is 2.25. The van der Waals surface area contributed by atoms with Gasteiger partial charge in [0, 0.05) is 20.5 Å². The second-order valence-corrected chi connectivity index (χ2v) is 7.55. The number of nitrogens with one attached hydrogen (secondary N) is 1. The highest BCUT2D eigenvalue weighted by molar-refractivity contribution is 7.12. The summed E-state index contributed by atoms with van der Waals surface area (Å²) in [7, 11) is 0. The molecule has 2 heterocycles. The Morgan fingerprint density at radius 2 is 1.77 bits per heavy atom. The average Bonchev–Trinajstić information content (AvgIpc) is 3.33. The fraction of sp³-hybridized carbons (Fsp3) is 0.0526. The normalized spacial score (nSPS) is 11.2. The molecule has 0 saturated heterocycles. The zero-order valence-corrected chi connectivity index (χ0v) is 15.9. The van der Waals surface area contributed by atoms with E-state index in [-0.39, 0.29) is 6.61 Å². The Kier molecular flexibility index (Phi) is 6.22. The molecule has 1 N–H and O–H groups in total. The number of esters is 1. The van der Waals surface area contributed by atoms with Gasteiger partial charge in [-0.15, -0.1) is 22.7 Å². The molecule has 3 rings (SSSR count). The minimum atomic E-state index is -0.535. The fourth-order valence-corrected chi connectivity index (χ4v) is 3.63. The van der Waals surface area contributed by atoms with Crippen molar-refractivity contribution < 1.29 is 14.3 Å². The van der Waals surface area contributed by atoms with Gasteiger partial charge in [-0.1, -0.05) is 23.7 Å². The van der Waals surface area contributed by atoms with Crippen LogP contribution in [0, 0.1) is 0 Å². The van der Waals surface area contributed by atoms with Crippen LogP contribution in [0.25, 0.3) is 11.6 Å². The minimum Gasteiger partial charge on any atom is -0.452 e. The number of hydrogen-bond donors (Lipinski definition) is 1. The second kappa shape index (κ2) is 8.80. The van der Waals surface area contributed by atoms with Crippen molar-refractivity contribution >= 4 is 63.5 Å². The van der Waals surface area contributed by atoms with E-state index in [9.17, 15) is 9.59 Å². The smallest absolute Gasteiger partial charge is 0.340 e. The number of ether oxygens (including phenoxy) is 1. The molecule has 0 aliphatic rings. The number of hydrogen-bond acceptors (Lipinski definition) is 5. The predicted octanol–water partition coefficient (Wildman–Crippen LogP) is 5.19. The number of halogens is 1. The lowest BCUT2D eigenvalue weighted by Crippen LogP contribution is -2.21. The number of thiophene rings is 2. The SMILES string of the molecule is O=C(COC(=O)/C(=C/c1cccs1)c1cccs1)Nc1ccc(Cl)cc1. The van der Waals surface area contributed by atoms with Gasteiger partial charge in [0.2, 0.25) is 0 Å². The van der Waals surface area contributed by atoms with E-state index in [4.69, 9.17) is 16.3 Å².